The van der Waals surface area contributed by atoms with Gasteiger partial charge in [-0.05, 0) is 43.9 Å². The van der Waals surface area contributed by atoms with Crippen LogP contribution in [0.4, 0.5) is 0 Å². The van der Waals surface area contributed by atoms with Crippen molar-refractivity contribution in [2.45, 2.75) is 51.5 Å². The van der Waals surface area contributed by atoms with Crippen molar-refractivity contribution in [3.05, 3.63) is 0 Å². The van der Waals surface area contributed by atoms with Crippen LogP contribution < -0.4 is 5.73 Å². The summed E-state index contributed by atoms with van der Waals surface area (Å²) in [4.78, 5) is 14.1. The molecule has 0 spiro atoms. The molecule has 1 aliphatic heterocycles. The number of hydrogen-bond donors (Lipinski definition) is 1. The van der Waals surface area contributed by atoms with Crippen LogP contribution in [0, 0.1) is 11.8 Å². The van der Waals surface area contributed by atoms with Crippen molar-refractivity contribution in [3.8, 4) is 0 Å². The predicted octanol–water partition coefficient (Wildman–Crippen LogP) is 2.18. The number of piperidine rings is 1. The molecule has 2 fully saturated rings. The number of hydrogen-bond acceptors (Lipinski definition) is 2. The van der Waals surface area contributed by atoms with E-state index < -0.39 is 5.54 Å². The van der Waals surface area contributed by atoms with Gasteiger partial charge in [-0.25, -0.2) is 0 Å². The lowest BCUT2D eigenvalue weighted by atomic mass is 9.89. The number of nitrogens with zero attached hydrogens (tertiary/aromatic N) is 1. The minimum absolute atomic E-state index is 0. The highest BCUT2D eigenvalue weighted by molar-refractivity contribution is 5.89. The first-order chi connectivity index (χ1) is 7.51. The van der Waals surface area contributed by atoms with Crippen molar-refractivity contribution in [1.82, 2.24) is 4.90 Å². The molecule has 1 saturated heterocycles. The molecule has 0 aromatic heterocycles. The van der Waals surface area contributed by atoms with E-state index in [9.17, 15) is 4.79 Å². The van der Waals surface area contributed by atoms with E-state index in [2.05, 4.69) is 13.8 Å². The molecule has 2 aliphatic rings. The van der Waals surface area contributed by atoms with Gasteiger partial charge < -0.3 is 10.6 Å². The van der Waals surface area contributed by atoms with E-state index in [4.69, 9.17) is 5.73 Å². The Labute approximate surface area is 111 Å². The van der Waals surface area contributed by atoms with Gasteiger partial charge in [0.1, 0.15) is 0 Å². The average molecular weight is 261 g/mol. The highest BCUT2D eigenvalue weighted by atomic mass is 35.5. The maximum atomic E-state index is 12.1. The van der Waals surface area contributed by atoms with E-state index in [0.29, 0.717) is 5.92 Å². The molecule has 100 valence electrons. The monoisotopic (exact) mass is 260 g/mol. The highest BCUT2D eigenvalue weighted by Crippen LogP contribution is 2.35. The minimum atomic E-state index is -0.472. The molecular weight excluding hydrogens is 236 g/mol. The van der Waals surface area contributed by atoms with Crippen molar-refractivity contribution in [2.75, 3.05) is 13.1 Å². The lowest BCUT2D eigenvalue weighted by Crippen LogP contribution is -2.49. The van der Waals surface area contributed by atoms with Gasteiger partial charge in [-0.2, -0.15) is 0 Å². The van der Waals surface area contributed by atoms with Crippen LogP contribution in [0.25, 0.3) is 0 Å². The maximum absolute atomic E-state index is 12.1. The smallest absolute Gasteiger partial charge is 0.242 e. The number of likely N-dealkylation sites (tertiary alicyclic amines) is 1. The second kappa shape index (κ2) is 5.57. The van der Waals surface area contributed by atoms with Crippen LogP contribution in [0.15, 0.2) is 0 Å². The zero-order valence-corrected chi connectivity index (χ0v) is 11.8. The third kappa shape index (κ3) is 3.59. The molecule has 0 radical (unpaired) electrons. The van der Waals surface area contributed by atoms with Crippen molar-refractivity contribution < 1.29 is 4.79 Å². The fourth-order valence-electron chi connectivity index (χ4n) is 2.77. The molecule has 1 heterocycles. The Balaban J connectivity index is 0.00000144. The van der Waals surface area contributed by atoms with Crippen molar-refractivity contribution in [3.63, 3.8) is 0 Å². The van der Waals surface area contributed by atoms with Gasteiger partial charge in [0.05, 0.1) is 5.54 Å². The van der Waals surface area contributed by atoms with E-state index in [-0.39, 0.29) is 18.3 Å². The molecule has 2 rings (SSSR count). The van der Waals surface area contributed by atoms with Gasteiger partial charge in [-0.15, -0.1) is 12.4 Å². The van der Waals surface area contributed by atoms with E-state index in [1.807, 2.05) is 4.90 Å². The SMILES string of the molecule is CC(C)CC1CCCN(C(=O)C2(N)CC2)C1.Cl. The number of rotatable bonds is 3. The van der Waals surface area contributed by atoms with Gasteiger partial charge in [-0.1, -0.05) is 13.8 Å². The molecule has 1 unspecified atom stereocenters. The third-order valence-corrected chi connectivity index (χ3v) is 3.83. The van der Waals surface area contributed by atoms with Crippen LogP contribution in [0.3, 0.4) is 0 Å². The molecule has 0 aromatic carbocycles. The summed E-state index contributed by atoms with van der Waals surface area (Å²) >= 11 is 0. The molecule has 0 aromatic rings. The number of nitrogens with two attached hydrogens (primary N) is 1. The van der Waals surface area contributed by atoms with E-state index in [1.165, 1.54) is 12.8 Å². The molecule has 2 N–H and O–H groups in total. The molecule has 1 aliphatic carbocycles. The summed E-state index contributed by atoms with van der Waals surface area (Å²) < 4.78 is 0. The average Bonchev–Trinajstić information content (AvgIpc) is 2.96. The van der Waals surface area contributed by atoms with Gasteiger partial charge in [0.15, 0.2) is 0 Å². The summed E-state index contributed by atoms with van der Waals surface area (Å²) in [5.41, 5.74) is 5.50. The summed E-state index contributed by atoms with van der Waals surface area (Å²) in [5.74, 6) is 1.63. The summed E-state index contributed by atoms with van der Waals surface area (Å²) in [6.45, 7) is 6.38. The van der Waals surface area contributed by atoms with Crippen LogP contribution in [-0.4, -0.2) is 29.4 Å². The van der Waals surface area contributed by atoms with Crippen LogP contribution in [-0.2, 0) is 4.79 Å². The van der Waals surface area contributed by atoms with Crippen LogP contribution in [0.2, 0.25) is 0 Å². The Bertz CT molecular complexity index is 277. The molecule has 3 nitrogen and oxygen atoms in total. The molecule has 1 atom stereocenters. The zero-order chi connectivity index (χ0) is 11.8. The van der Waals surface area contributed by atoms with Gasteiger partial charge >= 0.3 is 0 Å². The van der Waals surface area contributed by atoms with Crippen molar-refractivity contribution in [2.24, 2.45) is 17.6 Å². The van der Waals surface area contributed by atoms with E-state index in [1.54, 1.807) is 0 Å². The normalized spacial score (nSPS) is 26.6. The summed E-state index contributed by atoms with van der Waals surface area (Å²) in [5, 5.41) is 0. The zero-order valence-electron chi connectivity index (χ0n) is 10.9. The van der Waals surface area contributed by atoms with Crippen molar-refractivity contribution in [1.29, 1.82) is 0 Å². The van der Waals surface area contributed by atoms with E-state index >= 15 is 0 Å². The molecule has 0 bridgehead atoms. The van der Waals surface area contributed by atoms with Gasteiger partial charge in [0.25, 0.3) is 0 Å². The number of carbonyl (C=O) groups excluding carboxylic acids is 1. The van der Waals surface area contributed by atoms with Crippen molar-refractivity contribution >= 4 is 18.3 Å². The Hall–Kier alpha value is -0.280. The Morgan fingerprint density at radius 3 is 2.65 bits per heavy atom. The lowest BCUT2D eigenvalue weighted by Gasteiger charge is -2.35. The first kappa shape index (κ1) is 14.8. The topological polar surface area (TPSA) is 46.3 Å². The largest absolute Gasteiger partial charge is 0.341 e. The molecule has 1 saturated carbocycles. The van der Waals surface area contributed by atoms with Crippen LogP contribution >= 0.6 is 12.4 Å². The second-order valence-electron chi connectivity index (χ2n) is 6.05. The molecule has 4 heteroatoms. The molecule has 17 heavy (non-hydrogen) atoms. The minimum Gasteiger partial charge on any atom is -0.341 e. The van der Waals surface area contributed by atoms with Gasteiger partial charge in [-0.3, -0.25) is 4.79 Å². The van der Waals surface area contributed by atoms with Gasteiger partial charge in [0.2, 0.25) is 5.91 Å². The molecule has 1 amide bonds. The fourth-order valence-corrected chi connectivity index (χ4v) is 2.77. The highest BCUT2D eigenvalue weighted by Gasteiger charge is 2.48. The summed E-state index contributed by atoms with van der Waals surface area (Å²) in [6.07, 6.45) is 5.44. The number of amides is 1. The standard InChI is InChI=1S/C13H24N2O.ClH/c1-10(2)8-11-4-3-7-15(9-11)12(16)13(14)5-6-13;/h10-11H,3-9,14H2,1-2H3;1H. The Morgan fingerprint density at radius 1 is 1.47 bits per heavy atom. The quantitative estimate of drug-likeness (QED) is 0.846. The Kier molecular flexibility index (Phi) is 4.85. The first-order valence-electron chi connectivity index (χ1n) is 6.59. The number of carbonyl (C=O) groups is 1. The Morgan fingerprint density at radius 2 is 2.12 bits per heavy atom. The van der Waals surface area contributed by atoms with E-state index in [0.717, 1.165) is 38.3 Å². The summed E-state index contributed by atoms with van der Waals surface area (Å²) in [7, 11) is 0. The summed E-state index contributed by atoms with van der Waals surface area (Å²) in [6, 6.07) is 0. The molecular formula is C13H25ClN2O. The number of halogens is 1. The van der Waals surface area contributed by atoms with Crippen LogP contribution in [0.5, 0.6) is 0 Å². The van der Waals surface area contributed by atoms with Gasteiger partial charge in [0, 0.05) is 13.1 Å². The maximum Gasteiger partial charge on any atom is 0.242 e. The fraction of sp³-hybridized carbons (Fsp3) is 0.923. The first-order valence-corrected chi connectivity index (χ1v) is 6.59. The lowest BCUT2D eigenvalue weighted by molar-refractivity contribution is -0.135. The predicted molar refractivity (Wildman–Crippen MR) is 72.2 cm³/mol. The van der Waals surface area contributed by atoms with Crippen LogP contribution in [0.1, 0.15) is 46.0 Å². The second-order valence-corrected chi connectivity index (χ2v) is 6.05. The third-order valence-electron chi connectivity index (χ3n) is 3.83.